The summed E-state index contributed by atoms with van der Waals surface area (Å²) in [5, 5.41) is 14.6. The average Bonchev–Trinajstić information content (AvgIpc) is 2.50. The molecular formula is C16H17N3O3. The molecular weight excluding hydrogens is 282 g/mol. The van der Waals surface area contributed by atoms with Crippen molar-refractivity contribution in [1.29, 1.82) is 0 Å². The van der Waals surface area contributed by atoms with Gasteiger partial charge in [-0.05, 0) is 48.4 Å². The molecule has 3 amide bonds. The fraction of sp³-hybridized carbons (Fsp3) is 0.125. The molecule has 0 unspecified atom stereocenters. The van der Waals surface area contributed by atoms with Crippen LogP contribution >= 0.6 is 0 Å². The van der Waals surface area contributed by atoms with Crippen molar-refractivity contribution in [2.75, 3.05) is 11.9 Å². The lowest BCUT2D eigenvalue weighted by Gasteiger charge is -2.08. The van der Waals surface area contributed by atoms with Crippen molar-refractivity contribution in [2.45, 2.75) is 6.42 Å². The molecule has 0 aliphatic rings. The van der Waals surface area contributed by atoms with E-state index in [1.807, 2.05) is 0 Å². The van der Waals surface area contributed by atoms with Gasteiger partial charge in [0, 0.05) is 17.8 Å². The fourth-order valence-corrected chi connectivity index (χ4v) is 1.88. The van der Waals surface area contributed by atoms with Gasteiger partial charge in [-0.25, -0.2) is 4.79 Å². The quantitative estimate of drug-likeness (QED) is 0.677. The molecule has 2 aromatic carbocycles. The Bertz CT molecular complexity index is 651. The Morgan fingerprint density at radius 3 is 2.23 bits per heavy atom. The van der Waals surface area contributed by atoms with E-state index in [9.17, 15) is 14.7 Å². The highest BCUT2D eigenvalue weighted by Gasteiger charge is 2.03. The lowest BCUT2D eigenvalue weighted by Crippen LogP contribution is -2.30. The monoisotopic (exact) mass is 299 g/mol. The van der Waals surface area contributed by atoms with Crippen LogP contribution in [0.3, 0.4) is 0 Å². The Morgan fingerprint density at radius 1 is 1.00 bits per heavy atom. The van der Waals surface area contributed by atoms with Gasteiger partial charge >= 0.3 is 6.03 Å². The number of hydrogen-bond acceptors (Lipinski definition) is 3. The van der Waals surface area contributed by atoms with Crippen molar-refractivity contribution in [1.82, 2.24) is 5.32 Å². The Kier molecular flexibility index (Phi) is 4.98. The second-order valence-electron chi connectivity index (χ2n) is 4.74. The average molecular weight is 299 g/mol. The van der Waals surface area contributed by atoms with Crippen molar-refractivity contribution < 1.29 is 14.7 Å². The van der Waals surface area contributed by atoms with Crippen LogP contribution in [0.4, 0.5) is 10.5 Å². The minimum atomic E-state index is -0.509. The van der Waals surface area contributed by atoms with E-state index in [2.05, 4.69) is 10.6 Å². The molecule has 0 heterocycles. The summed E-state index contributed by atoms with van der Waals surface area (Å²) in [6.07, 6.45) is 0.661. The molecule has 114 valence electrons. The number of carbonyl (C=O) groups excluding carboxylic acids is 2. The molecule has 0 fully saturated rings. The Labute approximate surface area is 128 Å². The first kappa shape index (κ1) is 15.4. The van der Waals surface area contributed by atoms with Gasteiger partial charge in [0.2, 0.25) is 5.91 Å². The molecule has 2 aromatic rings. The van der Waals surface area contributed by atoms with Crippen LogP contribution in [0, 0.1) is 0 Å². The topological polar surface area (TPSA) is 104 Å². The second kappa shape index (κ2) is 7.12. The maximum Gasteiger partial charge on any atom is 0.319 e. The summed E-state index contributed by atoms with van der Waals surface area (Å²) < 4.78 is 0. The number of urea groups is 1. The number of anilines is 1. The van der Waals surface area contributed by atoms with Crippen molar-refractivity contribution in [2.24, 2.45) is 5.73 Å². The molecule has 0 bridgehead atoms. The molecule has 22 heavy (non-hydrogen) atoms. The minimum absolute atomic E-state index is 0.217. The molecule has 0 aromatic heterocycles. The summed E-state index contributed by atoms with van der Waals surface area (Å²) >= 11 is 0. The number of carbonyl (C=O) groups is 2. The lowest BCUT2D eigenvalue weighted by atomic mass is 10.1. The smallest absolute Gasteiger partial charge is 0.319 e. The van der Waals surface area contributed by atoms with Crippen molar-refractivity contribution >= 4 is 17.6 Å². The first-order valence-corrected chi connectivity index (χ1v) is 6.77. The van der Waals surface area contributed by atoms with Crippen LogP contribution in [0.25, 0.3) is 0 Å². The van der Waals surface area contributed by atoms with E-state index in [-0.39, 0.29) is 11.8 Å². The number of primary amides is 1. The van der Waals surface area contributed by atoms with Crippen LogP contribution < -0.4 is 16.4 Å². The molecule has 6 nitrogen and oxygen atoms in total. The third-order valence-electron chi connectivity index (χ3n) is 3.06. The maximum absolute atomic E-state index is 11.7. The highest BCUT2D eigenvalue weighted by atomic mass is 16.3. The van der Waals surface area contributed by atoms with E-state index < -0.39 is 5.91 Å². The third-order valence-corrected chi connectivity index (χ3v) is 3.06. The lowest BCUT2D eigenvalue weighted by molar-refractivity contribution is 0.100. The van der Waals surface area contributed by atoms with Gasteiger partial charge in [-0.3, -0.25) is 4.79 Å². The number of rotatable bonds is 5. The first-order valence-electron chi connectivity index (χ1n) is 6.77. The number of nitrogens with one attached hydrogen (secondary N) is 2. The van der Waals surface area contributed by atoms with Gasteiger partial charge in [-0.2, -0.15) is 0 Å². The molecule has 0 spiro atoms. The van der Waals surface area contributed by atoms with Crippen molar-refractivity contribution in [3.05, 3.63) is 59.7 Å². The fourth-order valence-electron chi connectivity index (χ4n) is 1.88. The molecule has 6 heteroatoms. The van der Waals surface area contributed by atoms with E-state index in [1.54, 1.807) is 48.5 Å². The maximum atomic E-state index is 11.7. The number of amides is 3. The zero-order chi connectivity index (χ0) is 15.9. The number of phenols is 1. The zero-order valence-electron chi connectivity index (χ0n) is 11.9. The van der Waals surface area contributed by atoms with Crippen LogP contribution in [-0.2, 0) is 6.42 Å². The Morgan fingerprint density at radius 2 is 1.64 bits per heavy atom. The second-order valence-corrected chi connectivity index (χ2v) is 4.74. The molecule has 0 saturated carbocycles. The normalized spacial score (nSPS) is 10.0. The Hall–Kier alpha value is -3.02. The predicted octanol–water partition coefficient (Wildman–Crippen LogP) is 1.86. The number of nitrogens with two attached hydrogens (primary N) is 1. The predicted molar refractivity (Wildman–Crippen MR) is 83.8 cm³/mol. The summed E-state index contributed by atoms with van der Waals surface area (Å²) in [5.74, 6) is -0.293. The third kappa shape index (κ3) is 4.52. The van der Waals surface area contributed by atoms with Crippen LogP contribution in [-0.4, -0.2) is 23.6 Å². The van der Waals surface area contributed by atoms with E-state index in [0.29, 0.717) is 24.2 Å². The van der Waals surface area contributed by atoms with Gasteiger partial charge in [0.05, 0.1) is 0 Å². The molecule has 0 aliphatic carbocycles. The zero-order valence-corrected chi connectivity index (χ0v) is 11.9. The summed E-state index contributed by atoms with van der Waals surface area (Å²) in [5.41, 5.74) is 7.12. The van der Waals surface area contributed by atoms with Crippen LogP contribution in [0.1, 0.15) is 15.9 Å². The first-order chi connectivity index (χ1) is 10.5. The van der Waals surface area contributed by atoms with Crippen molar-refractivity contribution in [3.63, 3.8) is 0 Å². The number of hydrogen-bond donors (Lipinski definition) is 4. The number of benzene rings is 2. The van der Waals surface area contributed by atoms with Gasteiger partial charge in [0.25, 0.3) is 0 Å². The molecule has 5 N–H and O–H groups in total. The van der Waals surface area contributed by atoms with Gasteiger partial charge in [0.15, 0.2) is 0 Å². The molecule has 0 atom stereocenters. The summed E-state index contributed by atoms with van der Waals surface area (Å²) in [6.45, 7) is 0.468. The summed E-state index contributed by atoms with van der Waals surface area (Å²) in [7, 11) is 0. The molecule has 0 saturated heterocycles. The van der Waals surface area contributed by atoms with E-state index >= 15 is 0 Å². The Balaban J connectivity index is 1.77. The summed E-state index contributed by atoms with van der Waals surface area (Å²) in [6, 6.07) is 12.8. The SMILES string of the molecule is NC(=O)c1ccc(NC(=O)NCCc2ccc(O)cc2)cc1. The van der Waals surface area contributed by atoms with E-state index in [1.165, 1.54) is 0 Å². The number of aromatic hydroxyl groups is 1. The summed E-state index contributed by atoms with van der Waals surface area (Å²) in [4.78, 5) is 22.7. The minimum Gasteiger partial charge on any atom is -0.508 e. The number of phenolic OH excluding ortho intramolecular Hbond substituents is 1. The van der Waals surface area contributed by atoms with Gasteiger partial charge in [-0.1, -0.05) is 12.1 Å². The molecule has 2 rings (SSSR count). The van der Waals surface area contributed by atoms with Crippen LogP contribution in [0.5, 0.6) is 5.75 Å². The van der Waals surface area contributed by atoms with Crippen molar-refractivity contribution in [3.8, 4) is 5.75 Å². The van der Waals surface area contributed by atoms with Crippen LogP contribution in [0.2, 0.25) is 0 Å². The van der Waals surface area contributed by atoms with E-state index in [4.69, 9.17) is 5.73 Å². The van der Waals surface area contributed by atoms with E-state index in [0.717, 1.165) is 5.56 Å². The van der Waals surface area contributed by atoms with Gasteiger partial charge < -0.3 is 21.5 Å². The molecule has 0 radical (unpaired) electrons. The highest BCUT2D eigenvalue weighted by molar-refractivity contribution is 5.94. The molecule has 0 aliphatic heterocycles. The largest absolute Gasteiger partial charge is 0.508 e. The highest BCUT2D eigenvalue weighted by Crippen LogP contribution is 2.10. The van der Waals surface area contributed by atoms with Gasteiger partial charge in [0.1, 0.15) is 5.75 Å². The van der Waals surface area contributed by atoms with Crippen LogP contribution in [0.15, 0.2) is 48.5 Å². The standard InChI is InChI=1S/C16H17N3O3/c17-15(21)12-3-5-13(6-4-12)19-16(22)18-10-9-11-1-7-14(20)8-2-11/h1-8,20H,9-10H2,(H2,17,21)(H2,18,19,22). The van der Waals surface area contributed by atoms with Gasteiger partial charge in [-0.15, -0.1) is 0 Å².